The van der Waals surface area contributed by atoms with E-state index in [1.165, 1.54) is 0 Å². The van der Waals surface area contributed by atoms with E-state index in [2.05, 4.69) is 5.32 Å². The van der Waals surface area contributed by atoms with Crippen LogP contribution in [0.2, 0.25) is 0 Å². The van der Waals surface area contributed by atoms with Gasteiger partial charge in [-0.1, -0.05) is 0 Å². The molecule has 0 spiro atoms. The van der Waals surface area contributed by atoms with E-state index in [0.717, 1.165) is 5.76 Å². The molecule has 10 heavy (non-hydrogen) atoms. The second kappa shape index (κ2) is 2.43. The van der Waals surface area contributed by atoms with E-state index in [9.17, 15) is 4.79 Å². The first kappa shape index (κ1) is 6.67. The van der Waals surface area contributed by atoms with E-state index in [1.54, 1.807) is 19.1 Å². The molecule has 4 heteroatoms. The normalized spacial score (nSPS) is 9.30. The van der Waals surface area contributed by atoms with Gasteiger partial charge in [0.05, 0.1) is 0 Å². The monoisotopic (exact) mass is 140 g/mol. The number of aryl methyl sites for hydroxylation is 1. The molecule has 0 aromatic carbocycles. The van der Waals surface area contributed by atoms with Crippen LogP contribution in [0, 0.1) is 6.92 Å². The van der Waals surface area contributed by atoms with Crippen LogP contribution in [0.3, 0.4) is 0 Å². The number of nitrogens with two attached hydrogens (primary N) is 1. The Bertz CT molecular complexity index is 242. The summed E-state index contributed by atoms with van der Waals surface area (Å²) >= 11 is 0. The second-order valence-corrected chi connectivity index (χ2v) is 1.90. The molecular weight excluding hydrogens is 132 g/mol. The smallest absolute Gasteiger partial charge is 0.318 e. The van der Waals surface area contributed by atoms with E-state index < -0.39 is 6.03 Å². The Morgan fingerprint density at radius 2 is 2.40 bits per heavy atom. The Morgan fingerprint density at radius 1 is 1.70 bits per heavy atom. The summed E-state index contributed by atoms with van der Waals surface area (Å²) in [6.45, 7) is 1.78. The van der Waals surface area contributed by atoms with E-state index in [4.69, 9.17) is 10.2 Å². The number of rotatable bonds is 1. The Labute approximate surface area is 58.0 Å². The number of nitrogens with one attached hydrogen (secondary N) is 1. The van der Waals surface area contributed by atoms with Gasteiger partial charge in [0.2, 0.25) is 5.88 Å². The number of carbonyl (C=O) groups excluding carboxylic acids is 1. The maximum absolute atomic E-state index is 10.2. The lowest BCUT2D eigenvalue weighted by Gasteiger charge is -1.92. The molecule has 0 saturated heterocycles. The zero-order valence-electron chi connectivity index (χ0n) is 5.55. The first-order chi connectivity index (χ1) is 4.68. The van der Waals surface area contributed by atoms with Gasteiger partial charge in [-0.15, -0.1) is 0 Å². The number of urea groups is 1. The van der Waals surface area contributed by atoms with E-state index in [1.807, 2.05) is 0 Å². The molecule has 1 heterocycles. The third kappa shape index (κ3) is 1.51. The SMILES string of the molecule is Cc1ccc(NC(N)=O)o1. The van der Waals surface area contributed by atoms with Gasteiger partial charge in [-0.2, -0.15) is 0 Å². The largest absolute Gasteiger partial charge is 0.446 e. The maximum atomic E-state index is 10.2. The van der Waals surface area contributed by atoms with Crippen molar-refractivity contribution in [2.24, 2.45) is 5.73 Å². The highest BCUT2D eigenvalue weighted by molar-refractivity contribution is 5.86. The fraction of sp³-hybridized carbons (Fsp3) is 0.167. The van der Waals surface area contributed by atoms with Crippen molar-refractivity contribution >= 4 is 11.9 Å². The number of hydrogen-bond acceptors (Lipinski definition) is 2. The first-order valence-corrected chi connectivity index (χ1v) is 2.81. The highest BCUT2D eigenvalue weighted by Crippen LogP contribution is 2.10. The fourth-order valence-electron chi connectivity index (χ4n) is 0.623. The molecule has 0 aliphatic carbocycles. The van der Waals surface area contributed by atoms with E-state index in [-0.39, 0.29) is 0 Å². The van der Waals surface area contributed by atoms with Crippen molar-refractivity contribution in [2.45, 2.75) is 6.92 Å². The van der Waals surface area contributed by atoms with Crippen molar-refractivity contribution < 1.29 is 9.21 Å². The third-order valence-electron chi connectivity index (χ3n) is 0.987. The van der Waals surface area contributed by atoms with Gasteiger partial charge in [0.15, 0.2) is 0 Å². The minimum Gasteiger partial charge on any atom is -0.446 e. The number of hydrogen-bond donors (Lipinski definition) is 2. The van der Waals surface area contributed by atoms with Crippen molar-refractivity contribution in [1.82, 2.24) is 0 Å². The minimum absolute atomic E-state index is 0.380. The van der Waals surface area contributed by atoms with Crippen molar-refractivity contribution in [1.29, 1.82) is 0 Å². The van der Waals surface area contributed by atoms with Crippen LogP contribution in [0.4, 0.5) is 10.7 Å². The topological polar surface area (TPSA) is 68.3 Å². The summed E-state index contributed by atoms with van der Waals surface area (Å²) in [7, 11) is 0. The molecule has 0 aliphatic rings. The second-order valence-electron chi connectivity index (χ2n) is 1.90. The van der Waals surface area contributed by atoms with Crippen LogP contribution >= 0.6 is 0 Å². The van der Waals surface area contributed by atoms with Crippen LogP contribution in [0.15, 0.2) is 16.5 Å². The van der Waals surface area contributed by atoms with Crippen LogP contribution in [-0.4, -0.2) is 6.03 Å². The molecule has 1 aromatic heterocycles. The van der Waals surface area contributed by atoms with Crippen molar-refractivity contribution in [3.63, 3.8) is 0 Å². The zero-order chi connectivity index (χ0) is 7.56. The molecule has 1 aromatic rings. The molecule has 0 unspecified atom stereocenters. The van der Waals surface area contributed by atoms with E-state index >= 15 is 0 Å². The Balaban J connectivity index is 2.67. The van der Waals surface area contributed by atoms with Gasteiger partial charge in [-0.05, 0) is 13.0 Å². The molecule has 2 amide bonds. The van der Waals surface area contributed by atoms with E-state index in [0.29, 0.717) is 5.88 Å². The van der Waals surface area contributed by atoms with Gasteiger partial charge in [0.25, 0.3) is 0 Å². The fourth-order valence-corrected chi connectivity index (χ4v) is 0.623. The molecule has 4 nitrogen and oxygen atoms in total. The standard InChI is InChI=1S/C6H8N2O2/c1-4-2-3-5(10-4)8-6(7)9/h2-3H,1H3,(H3,7,8,9). The van der Waals surface area contributed by atoms with Gasteiger partial charge in [-0.3, -0.25) is 5.32 Å². The van der Waals surface area contributed by atoms with Crippen molar-refractivity contribution in [2.75, 3.05) is 5.32 Å². The number of anilines is 1. The number of furan rings is 1. The predicted octanol–water partition coefficient (Wildman–Crippen LogP) is 1.08. The highest BCUT2D eigenvalue weighted by atomic mass is 16.4. The zero-order valence-corrected chi connectivity index (χ0v) is 5.55. The molecule has 0 atom stereocenters. The minimum atomic E-state index is -0.616. The molecule has 54 valence electrons. The number of amides is 2. The lowest BCUT2D eigenvalue weighted by atomic mass is 10.5. The first-order valence-electron chi connectivity index (χ1n) is 2.81. The van der Waals surface area contributed by atoms with Crippen molar-refractivity contribution in [3.05, 3.63) is 17.9 Å². The Kier molecular flexibility index (Phi) is 1.62. The average molecular weight is 140 g/mol. The van der Waals surface area contributed by atoms with Crippen LogP contribution in [0.1, 0.15) is 5.76 Å². The number of primary amides is 1. The predicted molar refractivity (Wildman–Crippen MR) is 36.7 cm³/mol. The molecule has 0 fully saturated rings. The Morgan fingerprint density at radius 3 is 2.80 bits per heavy atom. The van der Waals surface area contributed by atoms with Gasteiger partial charge < -0.3 is 10.2 Å². The summed E-state index contributed by atoms with van der Waals surface area (Å²) in [5.41, 5.74) is 4.82. The van der Waals surface area contributed by atoms with Gasteiger partial charge in [0, 0.05) is 6.07 Å². The lowest BCUT2D eigenvalue weighted by molar-refractivity contribution is 0.259. The quantitative estimate of drug-likeness (QED) is 0.612. The lowest BCUT2D eigenvalue weighted by Crippen LogP contribution is -2.18. The average Bonchev–Trinajstić information content (AvgIpc) is 2.13. The molecular formula is C6H8N2O2. The molecule has 0 saturated carbocycles. The van der Waals surface area contributed by atoms with Gasteiger partial charge >= 0.3 is 6.03 Å². The summed E-state index contributed by atoms with van der Waals surface area (Å²) in [5, 5.41) is 2.30. The maximum Gasteiger partial charge on any atom is 0.318 e. The third-order valence-corrected chi connectivity index (χ3v) is 0.987. The van der Waals surface area contributed by atoms with Crippen molar-refractivity contribution in [3.8, 4) is 0 Å². The number of carbonyl (C=O) groups is 1. The van der Waals surface area contributed by atoms with Crippen LogP contribution in [-0.2, 0) is 0 Å². The van der Waals surface area contributed by atoms with Crippen LogP contribution in [0.5, 0.6) is 0 Å². The summed E-state index contributed by atoms with van der Waals surface area (Å²) < 4.78 is 4.98. The summed E-state index contributed by atoms with van der Waals surface area (Å²) in [6, 6.07) is 2.76. The highest BCUT2D eigenvalue weighted by Gasteiger charge is 1.98. The summed E-state index contributed by atoms with van der Waals surface area (Å²) in [5.74, 6) is 1.12. The van der Waals surface area contributed by atoms with Crippen LogP contribution in [0.25, 0.3) is 0 Å². The van der Waals surface area contributed by atoms with Crippen LogP contribution < -0.4 is 11.1 Å². The summed E-state index contributed by atoms with van der Waals surface area (Å²) in [6.07, 6.45) is 0. The molecule has 3 N–H and O–H groups in total. The molecule has 0 bridgehead atoms. The van der Waals surface area contributed by atoms with Gasteiger partial charge in [-0.25, -0.2) is 4.79 Å². The molecule has 0 radical (unpaired) electrons. The Hall–Kier alpha value is -1.45. The molecule has 1 rings (SSSR count). The molecule has 0 aliphatic heterocycles. The summed E-state index contributed by atoms with van der Waals surface area (Å²) in [4.78, 5) is 10.2. The van der Waals surface area contributed by atoms with Gasteiger partial charge in [0.1, 0.15) is 5.76 Å².